The van der Waals surface area contributed by atoms with Crippen molar-refractivity contribution in [2.45, 2.75) is 91.0 Å². The number of hydrogen-bond acceptors (Lipinski definition) is 4. The first-order chi connectivity index (χ1) is 10.4. The van der Waals surface area contributed by atoms with Crippen molar-refractivity contribution in [3.8, 4) is 0 Å². The molecule has 0 aromatic rings. The number of carbonyl (C=O) groups excluding carboxylic acids is 1. The maximum absolute atomic E-state index is 11.5. The Morgan fingerprint density at radius 1 is 1.27 bits per heavy atom. The Balaban J connectivity index is 2.22. The lowest BCUT2D eigenvalue weighted by Gasteiger charge is -2.38. The van der Waals surface area contributed by atoms with Gasteiger partial charge in [0.2, 0.25) is 0 Å². The monoisotopic (exact) mass is 314 g/mol. The molecule has 1 N–H and O–H groups in total. The Morgan fingerprint density at radius 3 is 2.50 bits per heavy atom. The van der Waals surface area contributed by atoms with Crippen molar-refractivity contribution in [2.24, 2.45) is 11.8 Å². The highest BCUT2D eigenvalue weighted by molar-refractivity contribution is 5.71. The lowest BCUT2D eigenvalue weighted by atomic mass is 9.79. The lowest BCUT2D eigenvalue weighted by Crippen LogP contribution is -2.39. The van der Waals surface area contributed by atoms with Gasteiger partial charge in [-0.15, -0.1) is 0 Å². The van der Waals surface area contributed by atoms with Crippen LogP contribution in [0.4, 0.5) is 0 Å². The SMILES string of the molecule is CCC(C)C(=O)OCCCC(O)OC(C)(C)C1CCCCC1. The minimum atomic E-state index is -0.778. The fraction of sp³-hybridized carbons (Fsp3) is 0.944. The fourth-order valence-corrected chi connectivity index (χ4v) is 3.04. The van der Waals surface area contributed by atoms with Gasteiger partial charge in [-0.25, -0.2) is 0 Å². The molecule has 1 aliphatic rings. The molecular formula is C18H34O4. The summed E-state index contributed by atoms with van der Waals surface area (Å²) in [6.45, 7) is 8.35. The number of ether oxygens (including phenoxy) is 2. The molecule has 0 bridgehead atoms. The van der Waals surface area contributed by atoms with Crippen LogP contribution in [-0.2, 0) is 14.3 Å². The molecule has 4 heteroatoms. The van der Waals surface area contributed by atoms with E-state index in [9.17, 15) is 9.90 Å². The highest BCUT2D eigenvalue weighted by Gasteiger charge is 2.33. The highest BCUT2D eigenvalue weighted by atomic mass is 16.6. The van der Waals surface area contributed by atoms with Crippen molar-refractivity contribution in [1.82, 2.24) is 0 Å². The van der Waals surface area contributed by atoms with Gasteiger partial charge in [0.25, 0.3) is 0 Å². The van der Waals surface area contributed by atoms with Crippen molar-refractivity contribution < 1.29 is 19.4 Å². The van der Waals surface area contributed by atoms with Crippen molar-refractivity contribution in [1.29, 1.82) is 0 Å². The molecule has 1 aliphatic carbocycles. The molecule has 1 rings (SSSR count). The molecule has 0 aromatic heterocycles. The summed E-state index contributed by atoms with van der Waals surface area (Å²) < 4.78 is 11.1. The molecule has 22 heavy (non-hydrogen) atoms. The van der Waals surface area contributed by atoms with Gasteiger partial charge in [-0.05, 0) is 45.4 Å². The molecule has 0 amide bonds. The molecule has 0 saturated heterocycles. The van der Waals surface area contributed by atoms with E-state index >= 15 is 0 Å². The topological polar surface area (TPSA) is 55.8 Å². The van der Waals surface area contributed by atoms with E-state index in [1.807, 2.05) is 13.8 Å². The molecule has 1 saturated carbocycles. The fourth-order valence-electron chi connectivity index (χ4n) is 3.04. The maximum atomic E-state index is 11.5. The zero-order chi connectivity index (χ0) is 16.6. The number of aliphatic hydroxyl groups excluding tert-OH is 1. The third kappa shape index (κ3) is 6.66. The second kappa shape index (κ2) is 9.51. The largest absolute Gasteiger partial charge is 0.465 e. The molecule has 2 atom stereocenters. The highest BCUT2D eigenvalue weighted by Crippen LogP contribution is 2.35. The summed E-state index contributed by atoms with van der Waals surface area (Å²) in [5, 5.41) is 10.1. The maximum Gasteiger partial charge on any atom is 0.308 e. The van der Waals surface area contributed by atoms with E-state index in [-0.39, 0.29) is 17.5 Å². The van der Waals surface area contributed by atoms with Gasteiger partial charge in [0, 0.05) is 6.42 Å². The average molecular weight is 314 g/mol. The second-order valence-electron chi connectivity index (χ2n) is 7.13. The molecule has 0 aliphatic heterocycles. The van der Waals surface area contributed by atoms with Gasteiger partial charge in [-0.3, -0.25) is 4.79 Å². The van der Waals surface area contributed by atoms with Crippen LogP contribution >= 0.6 is 0 Å². The van der Waals surface area contributed by atoms with Crippen LogP contribution in [0.5, 0.6) is 0 Å². The Hall–Kier alpha value is -0.610. The smallest absolute Gasteiger partial charge is 0.308 e. The van der Waals surface area contributed by atoms with Crippen molar-refractivity contribution in [3.63, 3.8) is 0 Å². The number of esters is 1. The Kier molecular flexibility index (Phi) is 8.40. The molecule has 0 spiro atoms. The predicted molar refractivity (Wildman–Crippen MR) is 87.4 cm³/mol. The number of aliphatic hydroxyl groups is 1. The molecule has 0 heterocycles. The first kappa shape index (κ1) is 19.4. The van der Waals surface area contributed by atoms with E-state index in [1.165, 1.54) is 32.1 Å². The standard InChI is InChI=1S/C18H34O4/c1-5-14(2)17(20)21-13-9-12-16(19)22-18(3,4)15-10-7-6-8-11-15/h14-16,19H,5-13H2,1-4H3. The first-order valence-electron chi connectivity index (χ1n) is 8.89. The molecule has 1 fully saturated rings. The Morgan fingerprint density at radius 2 is 1.91 bits per heavy atom. The van der Waals surface area contributed by atoms with E-state index in [2.05, 4.69) is 13.8 Å². The summed E-state index contributed by atoms with van der Waals surface area (Å²) in [5.74, 6) is 0.325. The van der Waals surface area contributed by atoms with E-state index in [1.54, 1.807) is 0 Å². The summed E-state index contributed by atoms with van der Waals surface area (Å²) in [4.78, 5) is 11.5. The van der Waals surface area contributed by atoms with Crippen LogP contribution in [0.3, 0.4) is 0 Å². The van der Waals surface area contributed by atoms with Crippen LogP contribution in [0, 0.1) is 11.8 Å². The normalized spacial score (nSPS) is 19.7. The molecular weight excluding hydrogens is 280 g/mol. The van der Waals surface area contributed by atoms with E-state index in [0.717, 1.165) is 6.42 Å². The van der Waals surface area contributed by atoms with E-state index in [4.69, 9.17) is 9.47 Å². The molecule has 130 valence electrons. The van der Waals surface area contributed by atoms with Gasteiger partial charge in [0.1, 0.15) is 0 Å². The van der Waals surface area contributed by atoms with Gasteiger partial charge >= 0.3 is 5.97 Å². The van der Waals surface area contributed by atoms with Crippen molar-refractivity contribution >= 4 is 5.97 Å². The van der Waals surface area contributed by atoms with Gasteiger partial charge in [-0.2, -0.15) is 0 Å². The van der Waals surface area contributed by atoms with Gasteiger partial charge in [0.05, 0.1) is 18.1 Å². The molecule has 2 unspecified atom stereocenters. The van der Waals surface area contributed by atoms with E-state index in [0.29, 0.717) is 25.4 Å². The van der Waals surface area contributed by atoms with Crippen LogP contribution in [0.15, 0.2) is 0 Å². The number of rotatable bonds is 9. The number of carbonyl (C=O) groups is 1. The Labute approximate surface area is 135 Å². The molecule has 4 nitrogen and oxygen atoms in total. The second-order valence-corrected chi connectivity index (χ2v) is 7.13. The average Bonchev–Trinajstić information content (AvgIpc) is 2.51. The predicted octanol–water partition coefficient (Wildman–Crippen LogP) is 4.05. The quantitative estimate of drug-likeness (QED) is 0.396. The van der Waals surface area contributed by atoms with Crippen LogP contribution in [0.2, 0.25) is 0 Å². The van der Waals surface area contributed by atoms with Crippen LogP contribution < -0.4 is 0 Å². The summed E-state index contributed by atoms with van der Waals surface area (Å²) in [5.41, 5.74) is -0.284. The van der Waals surface area contributed by atoms with Gasteiger partial charge in [-0.1, -0.05) is 33.1 Å². The minimum Gasteiger partial charge on any atom is -0.465 e. The summed E-state index contributed by atoms with van der Waals surface area (Å²) in [6.07, 6.45) is 7.36. The Bertz CT molecular complexity index is 321. The first-order valence-corrected chi connectivity index (χ1v) is 8.89. The zero-order valence-corrected chi connectivity index (χ0v) is 14.8. The third-order valence-electron chi connectivity index (χ3n) is 4.88. The third-order valence-corrected chi connectivity index (χ3v) is 4.88. The van der Waals surface area contributed by atoms with Gasteiger partial charge < -0.3 is 14.6 Å². The lowest BCUT2D eigenvalue weighted by molar-refractivity contribution is -0.199. The van der Waals surface area contributed by atoms with E-state index < -0.39 is 6.29 Å². The molecule has 0 radical (unpaired) electrons. The van der Waals surface area contributed by atoms with Gasteiger partial charge in [0.15, 0.2) is 6.29 Å². The van der Waals surface area contributed by atoms with Crippen LogP contribution in [0.1, 0.15) is 79.1 Å². The minimum absolute atomic E-state index is 0.0496. The summed E-state index contributed by atoms with van der Waals surface area (Å²) >= 11 is 0. The summed E-state index contributed by atoms with van der Waals surface area (Å²) in [7, 11) is 0. The van der Waals surface area contributed by atoms with Crippen molar-refractivity contribution in [2.75, 3.05) is 6.61 Å². The zero-order valence-electron chi connectivity index (χ0n) is 14.8. The van der Waals surface area contributed by atoms with Crippen LogP contribution in [0.25, 0.3) is 0 Å². The number of hydrogen-bond donors (Lipinski definition) is 1. The van der Waals surface area contributed by atoms with Crippen molar-refractivity contribution in [3.05, 3.63) is 0 Å². The summed E-state index contributed by atoms with van der Waals surface area (Å²) in [6, 6.07) is 0. The molecule has 0 aromatic carbocycles. The van der Waals surface area contributed by atoms with Crippen LogP contribution in [-0.4, -0.2) is 29.6 Å².